The summed E-state index contributed by atoms with van der Waals surface area (Å²) in [5.41, 5.74) is 4.03. The Hall–Kier alpha value is -1.67. The van der Waals surface area contributed by atoms with E-state index in [0.29, 0.717) is 0 Å². The summed E-state index contributed by atoms with van der Waals surface area (Å²) in [6.07, 6.45) is 2.53. The van der Waals surface area contributed by atoms with E-state index in [-0.39, 0.29) is 6.10 Å². The van der Waals surface area contributed by atoms with Crippen molar-refractivity contribution in [1.82, 2.24) is 19.7 Å². The molecule has 0 amide bonds. The summed E-state index contributed by atoms with van der Waals surface area (Å²) in [6, 6.07) is 10.7. The molecule has 0 saturated carbocycles. The van der Waals surface area contributed by atoms with Gasteiger partial charge in [-0.25, -0.2) is 0 Å². The molecule has 30 heavy (non-hydrogen) atoms. The standard InChI is InChI=1S/C23H30N4OS2/c1-17-7-4-5-8-19(17)16-30-23-25-24-22(27(23)13-20-9-6-11-28-20)15-26(3)14-21-18(2)10-12-29-21/h4-5,7-8,10,12,20H,6,9,11,13-16H2,1-3H3/t20-/m0/s1. The minimum Gasteiger partial charge on any atom is -0.376 e. The summed E-state index contributed by atoms with van der Waals surface area (Å²) < 4.78 is 8.21. The fraction of sp³-hybridized carbons (Fsp3) is 0.478. The molecule has 7 heteroatoms. The third kappa shape index (κ3) is 5.32. The third-order valence-corrected chi connectivity index (χ3v) is 7.64. The fourth-order valence-electron chi connectivity index (χ4n) is 3.74. The van der Waals surface area contributed by atoms with Gasteiger partial charge in [0.15, 0.2) is 5.16 Å². The number of nitrogens with zero attached hydrogens (tertiary/aromatic N) is 4. The molecule has 1 aliphatic heterocycles. The summed E-state index contributed by atoms with van der Waals surface area (Å²) in [5.74, 6) is 1.93. The summed E-state index contributed by atoms with van der Waals surface area (Å²) in [7, 11) is 2.16. The van der Waals surface area contributed by atoms with E-state index in [1.165, 1.54) is 21.6 Å². The first-order valence-electron chi connectivity index (χ1n) is 10.5. The fourth-order valence-corrected chi connectivity index (χ4v) is 5.77. The van der Waals surface area contributed by atoms with Crippen LogP contribution in [0, 0.1) is 13.8 Å². The van der Waals surface area contributed by atoms with E-state index in [9.17, 15) is 0 Å². The van der Waals surface area contributed by atoms with E-state index < -0.39 is 0 Å². The Kier molecular flexibility index (Phi) is 7.25. The first kappa shape index (κ1) is 21.6. The molecule has 0 unspecified atom stereocenters. The third-order valence-electron chi connectivity index (χ3n) is 5.61. The molecule has 1 fully saturated rings. The Bertz CT molecular complexity index is 962. The van der Waals surface area contributed by atoms with Crippen molar-refractivity contribution in [2.45, 2.75) is 63.3 Å². The molecule has 160 valence electrons. The minimum atomic E-state index is 0.266. The van der Waals surface area contributed by atoms with Crippen molar-refractivity contribution >= 4 is 23.1 Å². The van der Waals surface area contributed by atoms with Crippen LogP contribution in [-0.2, 0) is 30.1 Å². The van der Waals surface area contributed by atoms with E-state index in [4.69, 9.17) is 4.74 Å². The first-order valence-corrected chi connectivity index (χ1v) is 12.4. The Morgan fingerprint density at radius 2 is 2.03 bits per heavy atom. The quantitative estimate of drug-likeness (QED) is 0.433. The minimum absolute atomic E-state index is 0.266. The number of ether oxygens (including phenoxy) is 1. The van der Waals surface area contributed by atoms with Gasteiger partial charge in [0.05, 0.1) is 19.2 Å². The van der Waals surface area contributed by atoms with E-state index in [1.54, 1.807) is 11.8 Å². The maximum absolute atomic E-state index is 5.93. The molecular weight excluding hydrogens is 412 g/mol. The van der Waals surface area contributed by atoms with Crippen LogP contribution in [0.2, 0.25) is 0 Å². The van der Waals surface area contributed by atoms with Crippen LogP contribution in [0.5, 0.6) is 0 Å². The summed E-state index contributed by atoms with van der Waals surface area (Å²) in [6.45, 7) is 7.76. The van der Waals surface area contributed by atoms with Gasteiger partial charge < -0.3 is 9.30 Å². The average Bonchev–Trinajstić information content (AvgIpc) is 3.46. The SMILES string of the molecule is Cc1ccccc1CSc1nnc(CN(C)Cc2sccc2C)n1C[C@@H]1CCCO1. The number of benzene rings is 1. The lowest BCUT2D eigenvalue weighted by atomic mass is 10.1. The van der Waals surface area contributed by atoms with Gasteiger partial charge in [0.1, 0.15) is 5.82 Å². The van der Waals surface area contributed by atoms with Crippen LogP contribution in [0.4, 0.5) is 0 Å². The number of rotatable bonds is 9. The Morgan fingerprint density at radius 1 is 1.17 bits per heavy atom. The molecule has 2 aromatic heterocycles. The lowest BCUT2D eigenvalue weighted by molar-refractivity contribution is 0.0934. The highest BCUT2D eigenvalue weighted by Crippen LogP contribution is 2.26. The van der Waals surface area contributed by atoms with Crippen molar-refractivity contribution in [3.63, 3.8) is 0 Å². The van der Waals surface area contributed by atoms with Crippen LogP contribution in [-0.4, -0.2) is 39.4 Å². The van der Waals surface area contributed by atoms with Crippen LogP contribution in [0.15, 0.2) is 40.9 Å². The van der Waals surface area contributed by atoms with Crippen LogP contribution in [0.3, 0.4) is 0 Å². The molecular formula is C23H30N4OS2. The van der Waals surface area contributed by atoms with Gasteiger partial charge in [0, 0.05) is 23.8 Å². The second kappa shape index (κ2) is 10.1. The Morgan fingerprint density at radius 3 is 2.77 bits per heavy atom. The van der Waals surface area contributed by atoms with Crippen molar-refractivity contribution in [2.24, 2.45) is 0 Å². The number of thioether (sulfide) groups is 1. The predicted molar refractivity (Wildman–Crippen MR) is 124 cm³/mol. The molecule has 1 aromatic carbocycles. The maximum Gasteiger partial charge on any atom is 0.191 e. The van der Waals surface area contributed by atoms with Crippen molar-refractivity contribution in [2.75, 3.05) is 13.7 Å². The molecule has 1 atom stereocenters. The topological polar surface area (TPSA) is 43.2 Å². The molecule has 4 rings (SSSR count). The van der Waals surface area contributed by atoms with Gasteiger partial charge in [0.2, 0.25) is 0 Å². The van der Waals surface area contributed by atoms with Crippen LogP contribution < -0.4 is 0 Å². The van der Waals surface area contributed by atoms with Crippen molar-refractivity contribution in [3.8, 4) is 0 Å². The second-order valence-electron chi connectivity index (χ2n) is 8.06. The Labute approximate surface area is 187 Å². The van der Waals surface area contributed by atoms with E-state index in [1.807, 2.05) is 11.3 Å². The Balaban J connectivity index is 1.49. The highest BCUT2D eigenvalue weighted by Gasteiger charge is 2.22. The number of thiophene rings is 1. The predicted octanol–water partition coefficient (Wildman–Crippen LogP) is 5.06. The largest absolute Gasteiger partial charge is 0.376 e. The van der Waals surface area contributed by atoms with Crippen LogP contribution in [0.1, 0.15) is 40.2 Å². The smallest absolute Gasteiger partial charge is 0.191 e. The average molecular weight is 443 g/mol. The van der Waals surface area contributed by atoms with E-state index in [0.717, 1.165) is 55.8 Å². The zero-order valence-electron chi connectivity index (χ0n) is 18.0. The molecule has 0 spiro atoms. The van der Waals surface area contributed by atoms with Gasteiger partial charge in [-0.05, 0) is 61.9 Å². The molecule has 3 aromatic rings. The summed E-state index contributed by atoms with van der Waals surface area (Å²) >= 11 is 3.59. The van der Waals surface area contributed by atoms with Gasteiger partial charge in [0.25, 0.3) is 0 Å². The highest BCUT2D eigenvalue weighted by atomic mass is 32.2. The number of aryl methyl sites for hydroxylation is 2. The van der Waals surface area contributed by atoms with Gasteiger partial charge in [-0.3, -0.25) is 4.90 Å². The van der Waals surface area contributed by atoms with Gasteiger partial charge in [-0.1, -0.05) is 36.0 Å². The zero-order valence-corrected chi connectivity index (χ0v) is 19.6. The molecule has 0 bridgehead atoms. The van der Waals surface area contributed by atoms with E-state index in [2.05, 4.69) is 76.3 Å². The molecule has 1 aliphatic rings. The highest BCUT2D eigenvalue weighted by molar-refractivity contribution is 7.98. The molecule has 3 heterocycles. The molecule has 0 N–H and O–H groups in total. The van der Waals surface area contributed by atoms with Gasteiger partial charge in [-0.2, -0.15) is 0 Å². The monoisotopic (exact) mass is 442 g/mol. The normalized spacial score (nSPS) is 16.6. The summed E-state index contributed by atoms with van der Waals surface area (Å²) in [4.78, 5) is 3.74. The van der Waals surface area contributed by atoms with Crippen molar-refractivity contribution < 1.29 is 4.74 Å². The molecule has 0 aliphatic carbocycles. The molecule has 1 saturated heterocycles. The van der Waals surface area contributed by atoms with Gasteiger partial charge >= 0.3 is 0 Å². The maximum atomic E-state index is 5.93. The van der Waals surface area contributed by atoms with Crippen molar-refractivity contribution in [3.05, 3.63) is 63.1 Å². The molecule has 0 radical (unpaired) electrons. The summed E-state index contributed by atoms with van der Waals surface area (Å²) in [5, 5.41) is 12.3. The van der Waals surface area contributed by atoms with Crippen LogP contribution >= 0.6 is 23.1 Å². The second-order valence-corrected chi connectivity index (χ2v) is 10.0. The first-order chi connectivity index (χ1) is 14.6. The lowest BCUT2D eigenvalue weighted by Crippen LogP contribution is -2.23. The lowest BCUT2D eigenvalue weighted by Gasteiger charge is -2.19. The van der Waals surface area contributed by atoms with Gasteiger partial charge in [-0.15, -0.1) is 21.5 Å². The number of aromatic nitrogens is 3. The zero-order chi connectivity index (χ0) is 20.9. The molecule has 5 nitrogen and oxygen atoms in total. The van der Waals surface area contributed by atoms with Crippen LogP contribution in [0.25, 0.3) is 0 Å². The van der Waals surface area contributed by atoms with E-state index >= 15 is 0 Å². The number of hydrogen-bond donors (Lipinski definition) is 0. The van der Waals surface area contributed by atoms with Crippen molar-refractivity contribution in [1.29, 1.82) is 0 Å². The number of hydrogen-bond acceptors (Lipinski definition) is 6.